The van der Waals surface area contributed by atoms with E-state index in [-0.39, 0.29) is 6.61 Å². The molecule has 0 heterocycles. The second-order valence-electron chi connectivity index (χ2n) is 4.04. The molecule has 5 heteroatoms. The lowest BCUT2D eigenvalue weighted by Gasteiger charge is -2.20. The molecule has 0 fully saturated rings. The molecule has 0 aliphatic rings. The van der Waals surface area contributed by atoms with Gasteiger partial charge in [-0.3, -0.25) is 4.90 Å². The minimum absolute atomic E-state index is 0.232. The van der Waals surface area contributed by atoms with Crippen LogP contribution in [0.3, 0.4) is 0 Å². The first kappa shape index (κ1) is 14.0. The summed E-state index contributed by atoms with van der Waals surface area (Å²) < 4.78 is 30.8. The molecule has 0 bridgehead atoms. The van der Waals surface area contributed by atoms with E-state index in [0.717, 1.165) is 6.07 Å². The third-order valence-corrected chi connectivity index (χ3v) is 2.34. The topological polar surface area (TPSA) is 32.7 Å². The first-order valence-corrected chi connectivity index (χ1v) is 5.32. The van der Waals surface area contributed by atoms with E-state index in [4.69, 9.17) is 4.74 Å². The highest BCUT2D eigenvalue weighted by Crippen LogP contribution is 2.11. The van der Waals surface area contributed by atoms with Gasteiger partial charge in [0.15, 0.2) is 0 Å². The highest BCUT2D eigenvalue weighted by molar-refractivity contribution is 5.18. The molecule has 0 aliphatic carbocycles. The lowest BCUT2D eigenvalue weighted by atomic mass is 10.2. The summed E-state index contributed by atoms with van der Waals surface area (Å²) in [5.41, 5.74) is 0.401. The minimum atomic E-state index is -0.617. The predicted octanol–water partition coefficient (Wildman–Crippen LogP) is 1.40. The Balaban J connectivity index is 2.52. The first-order chi connectivity index (χ1) is 8.02. The van der Waals surface area contributed by atoms with Crippen LogP contribution in [0, 0.1) is 11.6 Å². The van der Waals surface area contributed by atoms with Crippen molar-refractivity contribution >= 4 is 0 Å². The summed E-state index contributed by atoms with van der Waals surface area (Å²) in [5.74, 6) is -1.16. The van der Waals surface area contributed by atoms with E-state index in [1.165, 1.54) is 19.2 Å². The van der Waals surface area contributed by atoms with E-state index in [1.54, 1.807) is 11.9 Å². The van der Waals surface area contributed by atoms with E-state index in [2.05, 4.69) is 0 Å². The molecule has 17 heavy (non-hydrogen) atoms. The number of nitrogens with zero attached hydrogens (tertiary/aromatic N) is 1. The van der Waals surface area contributed by atoms with E-state index in [9.17, 15) is 13.9 Å². The highest BCUT2D eigenvalue weighted by Gasteiger charge is 2.10. The van der Waals surface area contributed by atoms with Crippen LogP contribution in [0.4, 0.5) is 8.78 Å². The van der Waals surface area contributed by atoms with Gasteiger partial charge >= 0.3 is 0 Å². The molecule has 1 aromatic rings. The third kappa shape index (κ3) is 4.77. The summed E-state index contributed by atoms with van der Waals surface area (Å²) in [7, 11) is 3.25. The summed E-state index contributed by atoms with van der Waals surface area (Å²) in [6.45, 7) is 0.911. The molecule has 1 aromatic carbocycles. The summed E-state index contributed by atoms with van der Waals surface area (Å²) >= 11 is 0. The number of hydrogen-bond acceptors (Lipinski definition) is 3. The standard InChI is InChI=1S/C12H17F2NO2/c1-15(7-11(16)8-17-2)6-9-3-4-10(13)5-12(9)14/h3-5,11,16H,6-8H2,1-2H3. The molecule has 1 rings (SSSR count). The number of methoxy groups -OCH3 is 1. The fourth-order valence-corrected chi connectivity index (χ4v) is 1.61. The summed E-state index contributed by atoms with van der Waals surface area (Å²) in [6.07, 6.45) is -0.617. The SMILES string of the molecule is COCC(O)CN(C)Cc1ccc(F)cc1F. The number of rotatable bonds is 6. The quantitative estimate of drug-likeness (QED) is 0.822. The van der Waals surface area contributed by atoms with Gasteiger partial charge in [0.25, 0.3) is 0 Å². The van der Waals surface area contributed by atoms with Crippen molar-refractivity contribution in [3.63, 3.8) is 0 Å². The van der Waals surface area contributed by atoms with Crippen LogP contribution in [0.5, 0.6) is 0 Å². The van der Waals surface area contributed by atoms with Crippen LogP contribution >= 0.6 is 0 Å². The molecule has 0 saturated heterocycles. The second kappa shape index (κ2) is 6.64. The molecule has 3 nitrogen and oxygen atoms in total. The zero-order valence-electron chi connectivity index (χ0n) is 9.99. The van der Waals surface area contributed by atoms with Gasteiger partial charge in [0.1, 0.15) is 11.6 Å². The molecule has 96 valence electrons. The predicted molar refractivity (Wildman–Crippen MR) is 60.6 cm³/mol. The Hall–Kier alpha value is -1.04. The van der Waals surface area contributed by atoms with Gasteiger partial charge in [-0.25, -0.2) is 8.78 Å². The fourth-order valence-electron chi connectivity index (χ4n) is 1.61. The van der Waals surface area contributed by atoms with E-state index >= 15 is 0 Å². The normalized spacial score (nSPS) is 13.1. The Bertz CT molecular complexity index is 360. The zero-order chi connectivity index (χ0) is 12.8. The largest absolute Gasteiger partial charge is 0.389 e. The average Bonchev–Trinajstić information content (AvgIpc) is 2.22. The van der Waals surface area contributed by atoms with Crippen molar-refractivity contribution in [2.45, 2.75) is 12.6 Å². The number of hydrogen-bond donors (Lipinski definition) is 1. The molecule has 1 atom stereocenters. The molecular weight excluding hydrogens is 228 g/mol. The van der Waals surface area contributed by atoms with Gasteiger partial charge in [-0.15, -0.1) is 0 Å². The Morgan fingerprint density at radius 3 is 2.71 bits per heavy atom. The van der Waals surface area contributed by atoms with Gasteiger partial charge in [-0.1, -0.05) is 6.07 Å². The smallest absolute Gasteiger partial charge is 0.130 e. The van der Waals surface area contributed by atoms with E-state index in [1.807, 2.05) is 0 Å². The van der Waals surface area contributed by atoms with Crippen LogP contribution in [0.1, 0.15) is 5.56 Å². The molecule has 0 aromatic heterocycles. The van der Waals surface area contributed by atoms with Gasteiger partial charge in [0.05, 0.1) is 12.7 Å². The number of halogens is 2. The number of aliphatic hydroxyl groups excluding tert-OH is 1. The summed E-state index contributed by atoms with van der Waals surface area (Å²) in [4.78, 5) is 1.75. The van der Waals surface area contributed by atoms with Crippen molar-refractivity contribution in [2.75, 3.05) is 27.3 Å². The molecule has 1 unspecified atom stereocenters. The van der Waals surface area contributed by atoms with Crippen LogP contribution < -0.4 is 0 Å². The van der Waals surface area contributed by atoms with Crippen LogP contribution in [0.2, 0.25) is 0 Å². The van der Waals surface area contributed by atoms with Crippen molar-refractivity contribution in [3.8, 4) is 0 Å². The lowest BCUT2D eigenvalue weighted by molar-refractivity contribution is 0.0417. The van der Waals surface area contributed by atoms with Gasteiger partial charge < -0.3 is 9.84 Å². The Morgan fingerprint density at radius 2 is 2.12 bits per heavy atom. The van der Waals surface area contributed by atoms with Crippen molar-refractivity contribution in [2.24, 2.45) is 0 Å². The van der Waals surface area contributed by atoms with Crippen molar-refractivity contribution in [3.05, 3.63) is 35.4 Å². The third-order valence-electron chi connectivity index (χ3n) is 2.34. The number of aliphatic hydroxyl groups is 1. The van der Waals surface area contributed by atoms with Crippen molar-refractivity contribution in [1.29, 1.82) is 0 Å². The molecular formula is C12H17F2NO2. The molecule has 0 radical (unpaired) electrons. The second-order valence-corrected chi connectivity index (χ2v) is 4.04. The van der Waals surface area contributed by atoms with Gasteiger partial charge in [-0.2, -0.15) is 0 Å². The Morgan fingerprint density at radius 1 is 1.41 bits per heavy atom. The first-order valence-electron chi connectivity index (χ1n) is 5.32. The van der Waals surface area contributed by atoms with Gasteiger partial charge in [0, 0.05) is 31.8 Å². The minimum Gasteiger partial charge on any atom is -0.389 e. The molecule has 0 amide bonds. The molecule has 0 aliphatic heterocycles. The average molecular weight is 245 g/mol. The van der Waals surface area contributed by atoms with Crippen molar-refractivity contribution < 1.29 is 18.6 Å². The van der Waals surface area contributed by atoms with Crippen LogP contribution in [0.15, 0.2) is 18.2 Å². The summed E-state index contributed by atoms with van der Waals surface area (Å²) in [6, 6.07) is 3.48. The molecule has 0 spiro atoms. The van der Waals surface area contributed by atoms with Crippen molar-refractivity contribution in [1.82, 2.24) is 4.90 Å². The zero-order valence-corrected chi connectivity index (χ0v) is 9.99. The fraction of sp³-hybridized carbons (Fsp3) is 0.500. The monoisotopic (exact) mass is 245 g/mol. The maximum atomic E-state index is 13.3. The van der Waals surface area contributed by atoms with Gasteiger partial charge in [-0.05, 0) is 13.1 Å². The van der Waals surface area contributed by atoms with E-state index < -0.39 is 17.7 Å². The Labute approximate surface area is 99.6 Å². The Kier molecular flexibility index (Phi) is 5.47. The van der Waals surface area contributed by atoms with Gasteiger partial charge in [0.2, 0.25) is 0 Å². The maximum Gasteiger partial charge on any atom is 0.130 e. The van der Waals surface area contributed by atoms with Crippen LogP contribution in [-0.2, 0) is 11.3 Å². The summed E-state index contributed by atoms with van der Waals surface area (Å²) in [5, 5.41) is 9.49. The van der Waals surface area contributed by atoms with Crippen LogP contribution in [0.25, 0.3) is 0 Å². The lowest BCUT2D eigenvalue weighted by Crippen LogP contribution is -2.31. The molecule has 1 N–H and O–H groups in total. The number of ether oxygens (including phenoxy) is 1. The highest BCUT2D eigenvalue weighted by atomic mass is 19.1. The van der Waals surface area contributed by atoms with Crippen LogP contribution in [-0.4, -0.2) is 43.4 Å². The van der Waals surface area contributed by atoms with E-state index in [0.29, 0.717) is 18.7 Å². The molecule has 0 saturated carbocycles. The maximum absolute atomic E-state index is 13.3. The number of likely N-dealkylation sites (N-methyl/N-ethyl adjacent to an activating group) is 1. The number of benzene rings is 1.